The molecule has 0 aliphatic heterocycles. The maximum absolute atomic E-state index is 6.14. The van der Waals surface area contributed by atoms with E-state index in [9.17, 15) is 0 Å². The van der Waals surface area contributed by atoms with Crippen LogP contribution in [0, 0.1) is 0 Å². The summed E-state index contributed by atoms with van der Waals surface area (Å²) in [7, 11) is 6.14. The lowest BCUT2D eigenvalue weighted by Crippen LogP contribution is -1.94. The summed E-state index contributed by atoms with van der Waals surface area (Å²) in [5.41, 5.74) is 0. The summed E-state index contributed by atoms with van der Waals surface area (Å²) >= 11 is 0. The maximum atomic E-state index is 6.14. The summed E-state index contributed by atoms with van der Waals surface area (Å²) in [6.07, 6.45) is 21.2. The van der Waals surface area contributed by atoms with Crippen LogP contribution in [0.1, 0.15) is 96.3 Å². The lowest BCUT2D eigenvalue weighted by Gasteiger charge is -2.12. The van der Waals surface area contributed by atoms with Crippen molar-refractivity contribution in [3.8, 4) is 0 Å². The number of hydrogen-bond donors (Lipinski definition) is 0. The standard InChI is InChI=1S/C16H31B/c17-16-14-12-10-8-6-4-2-1-3-5-7-9-11-13-15-16/h16H,1-15H2. The molecule has 0 heterocycles. The zero-order valence-corrected chi connectivity index (χ0v) is 11.8. The Morgan fingerprint density at radius 1 is 0.412 bits per heavy atom. The van der Waals surface area contributed by atoms with Crippen LogP contribution in [-0.4, -0.2) is 7.85 Å². The van der Waals surface area contributed by atoms with Gasteiger partial charge < -0.3 is 0 Å². The van der Waals surface area contributed by atoms with Crippen LogP contribution in [0.2, 0.25) is 5.82 Å². The van der Waals surface area contributed by atoms with Crippen molar-refractivity contribution in [2.45, 2.75) is 102 Å². The minimum absolute atomic E-state index is 0.489. The maximum Gasteiger partial charge on any atom is 0.0699 e. The molecule has 0 N–H and O–H groups in total. The van der Waals surface area contributed by atoms with E-state index in [-0.39, 0.29) is 0 Å². The fourth-order valence-corrected chi connectivity index (χ4v) is 2.90. The Bertz CT molecular complexity index is 140. The summed E-state index contributed by atoms with van der Waals surface area (Å²) in [4.78, 5) is 0. The van der Waals surface area contributed by atoms with Crippen LogP contribution in [-0.2, 0) is 0 Å². The van der Waals surface area contributed by atoms with Crippen molar-refractivity contribution in [3.05, 3.63) is 0 Å². The third-order valence-electron chi connectivity index (χ3n) is 4.15. The lowest BCUT2D eigenvalue weighted by atomic mass is 9.79. The average molecular weight is 234 g/mol. The van der Waals surface area contributed by atoms with E-state index in [0.717, 1.165) is 0 Å². The zero-order valence-electron chi connectivity index (χ0n) is 11.8. The first-order valence-electron chi connectivity index (χ1n) is 8.15. The van der Waals surface area contributed by atoms with Gasteiger partial charge in [0.05, 0.1) is 7.85 Å². The van der Waals surface area contributed by atoms with Crippen LogP contribution in [0.15, 0.2) is 0 Å². The molecule has 0 unspecified atom stereocenters. The van der Waals surface area contributed by atoms with E-state index >= 15 is 0 Å². The first-order valence-corrected chi connectivity index (χ1v) is 8.15. The van der Waals surface area contributed by atoms with Gasteiger partial charge in [0.1, 0.15) is 0 Å². The van der Waals surface area contributed by atoms with Crippen LogP contribution in [0.5, 0.6) is 0 Å². The van der Waals surface area contributed by atoms with E-state index in [1.165, 1.54) is 96.3 Å². The van der Waals surface area contributed by atoms with E-state index in [1.54, 1.807) is 0 Å². The Hall–Kier alpha value is 0.0649. The fourth-order valence-electron chi connectivity index (χ4n) is 2.90. The van der Waals surface area contributed by atoms with Crippen molar-refractivity contribution in [2.75, 3.05) is 0 Å². The molecule has 1 aliphatic rings. The van der Waals surface area contributed by atoms with Crippen molar-refractivity contribution in [2.24, 2.45) is 0 Å². The predicted molar refractivity (Wildman–Crippen MR) is 78.8 cm³/mol. The molecule has 0 atom stereocenters. The number of rotatable bonds is 0. The Kier molecular flexibility index (Phi) is 9.94. The topological polar surface area (TPSA) is 0 Å². The van der Waals surface area contributed by atoms with Gasteiger partial charge in [-0.2, -0.15) is 0 Å². The molecular formula is C16H31B. The molecule has 1 aliphatic carbocycles. The molecule has 2 radical (unpaired) electrons. The largest absolute Gasteiger partial charge is 0.0774 e. The van der Waals surface area contributed by atoms with Crippen molar-refractivity contribution < 1.29 is 0 Å². The van der Waals surface area contributed by atoms with E-state index in [2.05, 4.69) is 0 Å². The molecular weight excluding hydrogens is 203 g/mol. The molecule has 0 aromatic heterocycles. The van der Waals surface area contributed by atoms with Gasteiger partial charge in [-0.1, -0.05) is 102 Å². The third-order valence-corrected chi connectivity index (χ3v) is 4.15. The monoisotopic (exact) mass is 234 g/mol. The highest BCUT2D eigenvalue weighted by molar-refractivity contribution is 6.11. The van der Waals surface area contributed by atoms with Crippen LogP contribution < -0.4 is 0 Å². The highest BCUT2D eigenvalue weighted by atomic mass is 14.1. The molecule has 1 fully saturated rings. The Balaban J connectivity index is 2.09. The predicted octanol–water partition coefficient (Wildman–Crippen LogP) is 5.81. The molecule has 98 valence electrons. The summed E-state index contributed by atoms with van der Waals surface area (Å²) in [6.45, 7) is 0. The molecule has 0 saturated heterocycles. The first kappa shape index (κ1) is 15.1. The van der Waals surface area contributed by atoms with Crippen LogP contribution in [0.3, 0.4) is 0 Å². The van der Waals surface area contributed by atoms with Gasteiger partial charge >= 0.3 is 0 Å². The fraction of sp³-hybridized carbons (Fsp3) is 1.00. The Labute approximate surface area is 110 Å². The van der Waals surface area contributed by atoms with E-state index in [1.807, 2.05) is 0 Å². The van der Waals surface area contributed by atoms with E-state index in [0.29, 0.717) is 5.82 Å². The molecule has 0 spiro atoms. The van der Waals surface area contributed by atoms with Gasteiger partial charge in [0, 0.05) is 0 Å². The highest BCUT2D eigenvalue weighted by Crippen LogP contribution is 2.21. The minimum Gasteiger partial charge on any atom is -0.0774 e. The van der Waals surface area contributed by atoms with Crippen molar-refractivity contribution in [1.29, 1.82) is 0 Å². The second kappa shape index (κ2) is 11.2. The summed E-state index contributed by atoms with van der Waals surface area (Å²) in [5, 5.41) is 0. The molecule has 17 heavy (non-hydrogen) atoms. The van der Waals surface area contributed by atoms with Gasteiger partial charge in [-0.25, -0.2) is 0 Å². The third kappa shape index (κ3) is 9.74. The van der Waals surface area contributed by atoms with Gasteiger partial charge in [0.25, 0.3) is 0 Å². The minimum atomic E-state index is 0.489. The van der Waals surface area contributed by atoms with Crippen LogP contribution in [0.4, 0.5) is 0 Å². The van der Waals surface area contributed by atoms with Gasteiger partial charge in [0.2, 0.25) is 0 Å². The molecule has 1 saturated carbocycles. The van der Waals surface area contributed by atoms with E-state index < -0.39 is 0 Å². The molecule has 0 bridgehead atoms. The SMILES string of the molecule is [B]C1CCCCCCCCCCCCCCC1. The second-order valence-corrected chi connectivity index (χ2v) is 5.93. The molecule has 1 heteroatoms. The molecule has 0 aromatic rings. The summed E-state index contributed by atoms with van der Waals surface area (Å²) in [6, 6.07) is 0. The van der Waals surface area contributed by atoms with Gasteiger partial charge in [-0.15, -0.1) is 0 Å². The first-order chi connectivity index (χ1) is 8.39. The quantitative estimate of drug-likeness (QED) is 0.464. The summed E-state index contributed by atoms with van der Waals surface area (Å²) in [5.74, 6) is 0.489. The van der Waals surface area contributed by atoms with Crippen LogP contribution in [0.25, 0.3) is 0 Å². The van der Waals surface area contributed by atoms with E-state index in [4.69, 9.17) is 7.85 Å². The Morgan fingerprint density at radius 3 is 0.941 bits per heavy atom. The highest BCUT2D eigenvalue weighted by Gasteiger charge is 2.02. The summed E-state index contributed by atoms with van der Waals surface area (Å²) < 4.78 is 0. The molecule has 0 amide bonds. The smallest absolute Gasteiger partial charge is 0.0699 e. The second-order valence-electron chi connectivity index (χ2n) is 5.93. The molecule has 0 aromatic carbocycles. The molecule has 1 rings (SSSR count). The molecule has 0 nitrogen and oxygen atoms in total. The van der Waals surface area contributed by atoms with Crippen molar-refractivity contribution >= 4 is 7.85 Å². The van der Waals surface area contributed by atoms with Gasteiger partial charge in [-0.05, 0) is 0 Å². The van der Waals surface area contributed by atoms with Gasteiger partial charge in [-0.3, -0.25) is 0 Å². The van der Waals surface area contributed by atoms with Crippen molar-refractivity contribution in [3.63, 3.8) is 0 Å². The average Bonchev–Trinajstić information content (AvgIpc) is 2.32. The van der Waals surface area contributed by atoms with Gasteiger partial charge in [0.15, 0.2) is 0 Å². The zero-order chi connectivity index (χ0) is 12.2. The lowest BCUT2D eigenvalue weighted by molar-refractivity contribution is 0.504. The van der Waals surface area contributed by atoms with Crippen molar-refractivity contribution in [1.82, 2.24) is 0 Å². The normalized spacial score (nSPS) is 24.5. The van der Waals surface area contributed by atoms with Crippen LogP contribution >= 0.6 is 0 Å². The number of hydrogen-bond acceptors (Lipinski definition) is 0. The Morgan fingerprint density at radius 2 is 0.647 bits per heavy atom.